The smallest absolute Gasteiger partial charge is 0.189 e. The van der Waals surface area contributed by atoms with E-state index in [-0.39, 0.29) is 0 Å². The first kappa shape index (κ1) is 10.5. The van der Waals surface area contributed by atoms with E-state index < -0.39 is 0 Å². The number of guanidine groups is 1. The van der Waals surface area contributed by atoms with E-state index in [9.17, 15) is 0 Å². The van der Waals surface area contributed by atoms with E-state index in [1.807, 2.05) is 24.3 Å². The highest BCUT2D eigenvalue weighted by molar-refractivity contribution is 9.10. The van der Waals surface area contributed by atoms with Gasteiger partial charge in [0.1, 0.15) is 0 Å². The summed E-state index contributed by atoms with van der Waals surface area (Å²) in [6.45, 7) is 0.618. The van der Waals surface area contributed by atoms with Crippen molar-refractivity contribution in [2.24, 2.45) is 10.7 Å². The largest absolute Gasteiger partial charge is 0.370 e. The van der Waals surface area contributed by atoms with Crippen molar-refractivity contribution in [3.63, 3.8) is 0 Å². The summed E-state index contributed by atoms with van der Waals surface area (Å²) in [5, 5.41) is 3.16. The van der Waals surface area contributed by atoms with Crippen molar-refractivity contribution in [2.75, 3.05) is 0 Å². The highest BCUT2D eigenvalue weighted by Gasteiger charge is 2.21. The van der Waals surface area contributed by atoms with Crippen LogP contribution in [0.15, 0.2) is 33.7 Å². The molecule has 0 bridgehead atoms. The molecule has 1 aromatic rings. The minimum absolute atomic E-state index is 0.549. The maximum absolute atomic E-state index is 5.74. The summed E-state index contributed by atoms with van der Waals surface area (Å²) >= 11 is 3.48. The van der Waals surface area contributed by atoms with Gasteiger partial charge in [-0.2, -0.15) is 0 Å². The number of aliphatic imine (C=N–C) groups is 1. The summed E-state index contributed by atoms with van der Waals surface area (Å²) < 4.78 is 1.08. The third-order valence-electron chi connectivity index (χ3n) is 2.31. The average molecular weight is 268 g/mol. The van der Waals surface area contributed by atoms with Gasteiger partial charge in [0.25, 0.3) is 0 Å². The fourth-order valence-corrected chi connectivity index (χ4v) is 1.69. The molecule has 1 saturated carbocycles. The van der Waals surface area contributed by atoms with Crippen LogP contribution in [0.1, 0.15) is 18.4 Å². The Bertz CT molecular complexity index is 372. The number of nitrogens with zero attached hydrogens (tertiary/aromatic N) is 1. The minimum atomic E-state index is 0.549. The summed E-state index contributed by atoms with van der Waals surface area (Å²) in [6, 6.07) is 8.60. The van der Waals surface area contributed by atoms with Gasteiger partial charge in [-0.15, -0.1) is 0 Å². The maximum Gasteiger partial charge on any atom is 0.189 e. The van der Waals surface area contributed by atoms with E-state index in [0.717, 1.165) is 10.0 Å². The zero-order valence-corrected chi connectivity index (χ0v) is 10.00. The second-order valence-electron chi connectivity index (χ2n) is 3.71. The molecule has 0 atom stereocenters. The molecule has 0 spiro atoms. The van der Waals surface area contributed by atoms with Crippen LogP contribution >= 0.6 is 15.9 Å². The third-order valence-corrected chi connectivity index (χ3v) is 3.08. The molecule has 0 saturated heterocycles. The van der Waals surface area contributed by atoms with Crippen molar-refractivity contribution in [2.45, 2.75) is 25.4 Å². The van der Waals surface area contributed by atoms with E-state index >= 15 is 0 Å². The van der Waals surface area contributed by atoms with Crippen molar-refractivity contribution in [1.82, 2.24) is 5.32 Å². The molecule has 2 rings (SSSR count). The molecule has 1 aliphatic carbocycles. The summed E-state index contributed by atoms with van der Waals surface area (Å²) in [5.41, 5.74) is 6.89. The number of benzene rings is 1. The molecule has 0 aliphatic heterocycles. The second-order valence-corrected chi connectivity index (χ2v) is 4.57. The van der Waals surface area contributed by atoms with Gasteiger partial charge in [-0.3, -0.25) is 0 Å². The van der Waals surface area contributed by atoms with Crippen molar-refractivity contribution in [3.8, 4) is 0 Å². The zero-order chi connectivity index (χ0) is 10.7. The predicted molar refractivity (Wildman–Crippen MR) is 65.6 cm³/mol. The fourth-order valence-electron chi connectivity index (χ4n) is 1.28. The monoisotopic (exact) mass is 267 g/mol. The van der Waals surface area contributed by atoms with Gasteiger partial charge < -0.3 is 11.1 Å². The van der Waals surface area contributed by atoms with E-state index in [2.05, 4.69) is 26.2 Å². The molecule has 0 radical (unpaired) electrons. The Balaban J connectivity index is 1.93. The van der Waals surface area contributed by atoms with Gasteiger partial charge >= 0.3 is 0 Å². The van der Waals surface area contributed by atoms with Crippen LogP contribution in [-0.4, -0.2) is 12.0 Å². The molecule has 0 amide bonds. The molecule has 0 heterocycles. The average Bonchev–Trinajstić information content (AvgIpc) is 3.00. The summed E-state index contributed by atoms with van der Waals surface area (Å²) in [6.07, 6.45) is 2.43. The molecular formula is C11H14BrN3. The van der Waals surface area contributed by atoms with Crippen LogP contribution in [0.2, 0.25) is 0 Å². The molecule has 1 aliphatic rings. The molecule has 15 heavy (non-hydrogen) atoms. The molecule has 1 aromatic carbocycles. The Labute approximate surface area is 97.9 Å². The van der Waals surface area contributed by atoms with Crippen LogP contribution in [-0.2, 0) is 6.54 Å². The highest BCUT2D eigenvalue weighted by atomic mass is 79.9. The molecule has 3 nitrogen and oxygen atoms in total. The molecule has 1 fully saturated rings. The van der Waals surface area contributed by atoms with Crippen LogP contribution < -0.4 is 11.1 Å². The Kier molecular flexibility index (Phi) is 3.26. The standard InChI is InChI=1S/C11H14BrN3/c12-10-4-2-1-3-8(10)7-14-11(13)15-9-5-6-9/h1-4,9H,5-7H2,(H3,13,14,15). The Morgan fingerprint density at radius 3 is 2.87 bits per heavy atom. The number of nitrogens with two attached hydrogens (primary N) is 1. The first-order valence-corrected chi connectivity index (χ1v) is 5.85. The topological polar surface area (TPSA) is 50.4 Å². The van der Waals surface area contributed by atoms with Crippen molar-refractivity contribution in [3.05, 3.63) is 34.3 Å². The second kappa shape index (κ2) is 4.66. The number of hydrogen-bond donors (Lipinski definition) is 2. The van der Waals surface area contributed by atoms with Crippen molar-refractivity contribution >= 4 is 21.9 Å². The third kappa shape index (κ3) is 3.23. The summed E-state index contributed by atoms with van der Waals surface area (Å²) in [7, 11) is 0. The lowest BCUT2D eigenvalue weighted by atomic mass is 10.2. The fraction of sp³-hybridized carbons (Fsp3) is 0.364. The van der Waals surface area contributed by atoms with E-state index in [4.69, 9.17) is 5.73 Å². The lowest BCUT2D eigenvalue weighted by Crippen LogP contribution is -2.33. The molecule has 3 N–H and O–H groups in total. The molecule has 4 heteroatoms. The maximum atomic E-state index is 5.74. The summed E-state index contributed by atoms with van der Waals surface area (Å²) in [4.78, 5) is 4.29. The molecular weight excluding hydrogens is 254 g/mol. The van der Waals surface area contributed by atoms with Gasteiger partial charge in [-0.25, -0.2) is 4.99 Å². The molecule has 80 valence electrons. The van der Waals surface area contributed by atoms with Gasteiger partial charge in [0.2, 0.25) is 0 Å². The zero-order valence-electron chi connectivity index (χ0n) is 8.41. The van der Waals surface area contributed by atoms with Crippen molar-refractivity contribution < 1.29 is 0 Å². The van der Waals surface area contributed by atoms with Crippen LogP contribution in [0.5, 0.6) is 0 Å². The Morgan fingerprint density at radius 1 is 1.47 bits per heavy atom. The number of nitrogens with one attached hydrogen (secondary N) is 1. The van der Waals surface area contributed by atoms with Gasteiger partial charge in [0.15, 0.2) is 5.96 Å². The number of halogens is 1. The van der Waals surface area contributed by atoms with Gasteiger partial charge in [-0.1, -0.05) is 34.1 Å². The lowest BCUT2D eigenvalue weighted by molar-refractivity contribution is 0.878. The van der Waals surface area contributed by atoms with Gasteiger partial charge in [-0.05, 0) is 24.5 Å². The Hall–Kier alpha value is -1.03. The van der Waals surface area contributed by atoms with Crippen LogP contribution in [0.4, 0.5) is 0 Å². The summed E-state index contributed by atoms with van der Waals surface area (Å²) in [5.74, 6) is 0.549. The SMILES string of the molecule is NC(=NCc1ccccc1Br)NC1CC1. The van der Waals surface area contributed by atoms with Crippen LogP contribution in [0, 0.1) is 0 Å². The van der Waals surface area contributed by atoms with E-state index in [0.29, 0.717) is 18.5 Å². The first-order chi connectivity index (χ1) is 7.25. The minimum Gasteiger partial charge on any atom is -0.370 e. The van der Waals surface area contributed by atoms with Gasteiger partial charge in [0.05, 0.1) is 6.54 Å². The van der Waals surface area contributed by atoms with Crippen LogP contribution in [0.3, 0.4) is 0 Å². The quantitative estimate of drug-likeness (QED) is 0.651. The molecule has 0 aromatic heterocycles. The van der Waals surface area contributed by atoms with Gasteiger partial charge in [0, 0.05) is 10.5 Å². The van der Waals surface area contributed by atoms with Crippen molar-refractivity contribution in [1.29, 1.82) is 0 Å². The van der Waals surface area contributed by atoms with E-state index in [1.54, 1.807) is 0 Å². The normalized spacial score (nSPS) is 16.5. The predicted octanol–water partition coefficient (Wildman–Crippen LogP) is 2.02. The lowest BCUT2D eigenvalue weighted by Gasteiger charge is -2.04. The van der Waals surface area contributed by atoms with E-state index in [1.165, 1.54) is 12.8 Å². The van der Waals surface area contributed by atoms with Crippen LogP contribution in [0.25, 0.3) is 0 Å². The number of rotatable bonds is 3. The first-order valence-electron chi connectivity index (χ1n) is 5.05. The molecule has 0 unspecified atom stereocenters. The highest BCUT2D eigenvalue weighted by Crippen LogP contribution is 2.19. The Morgan fingerprint density at radius 2 is 2.20 bits per heavy atom. The number of hydrogen-bond acceptors (Lipinski definition) is 1.